The molecule has 2 aromatic rings. The number of amides is 1. The largest absolute Gasteiger partial charge is 0.355 e. The van der Waals surface area contributed by atoms with E-state index in [1.54, 1.807) is 13.0 Å². The van der Waals surface area contributed by atoms with Crippen LogP contribution < -0.4 is 26.6 Å². The lowest BCUT2D eigenvalue weighted by atomic mass is 9.98. The zero-order chi connectivity index (χ0) is 22.5. The fourth-order valence-corrected chi connectivity index (χ4v) is 3.91. The topological polar surface area (TPSA) is 102 Å². The number of hydrogen-bond donors (Lipinski definition) is 5. The SMILES string of the molecule is Cc1nc(F)ccc1-c1cc(CNC2=NCCN2)cc(C(=O)NCC2CNC(C)CN2)c1. The minimum Gasteiger partial charge on any atom is -0.355 e. The quantitative estimate of drug-likeness (QED) is 0.429. The summed E-state index contributed by atoms with van der Waals surface area (Å²) in [6.45, 7) is 8.20. The summed E-state index contributed by atoms with van der Waals surface area (Å²) in [4.78, 5) is 21.3. The van der Waals surface area contributed by atoms with E-state index < -0.39 is 5.95 Å². The lowest BCUT2D eigenvalue weighted by Crippen LogP contribution is -2.56. The first kappa shape index (κ1) is 22.2. The summed E-state index contributed by atoms with van der Waals surface area (Å²) in [5.41, 5.74) is 3.69. The highest BCUT2D eigenvalue weighted by Gasteiger charge is 2.18. The lowest BCUT2D eigenvalue weighted by Gasteiger charge is -2.29. The molecule has 0 aliphatic carbocycles. The third-order valence-corrected chi connectivity index (χ3v) is 5.69. The van der Waals surface area contributed by atoms with E-state index in [1.165, 1.54) is 6.07 Å². The standard InChI is InChI=1S/C23H30FN7O/c1-14-10-28-19(12-27-14)13-29-22(32)18-8-16(11-30-23-25-5-6-26-23)7-17(9-18)20-3-4-21(24)31-15(20)2/h3-4,7-9,14,19,27-28H,5-6,10-13H2,1-2H3,(H,29,32)(H2,25,26,30). The number of hydrogen-bond acceptors (Lipinski definition) is 7. The zero-order valence-corrected chi connectivity index (χ0v) is 18.5. The molecule has 32 heavy (non-hydrogen) atoms. The Morgan fingerprint density at radius 3 is 2.81 bits per heavy atom. The molecular weight excluding hydrogens is 409 g/mol. The predicted molar refractivity (Wildman–Crippen MR) is 123 cm³/mol. The maximum atomic E-state index is 13.5. The molecule has 0 saturated carbocycles. The first-order chi connectivity index (χ1) is 15.5. The van der Waals surface area contributed by atoms with Gasteiger partial charge in [0.25, 0.3) is 5.91 Å². The molecule has 2 atom stereocenters. The molecule has 4 rings (SSSR count). The number of nitrogens with zero attached hydrogens (tertiary/aromatic N) is 2. The molecule has 5 N–H and O–H groups in total. The molecule has 1 fully saturated rings. The molecule has 9 heteroatoms. The monoisotopic (exact) mass is 439 g/mol. The number of carbonyl (C=O) groups excluding carboxylic acids is 1. The maximum Gasteiger partial charge on any atom is 0.251 e. The molecular formula is C23H30FN7O. The van der Waals surface area contributed by atoms with Gasteiger partial charge in [-0.25, -0.2) is 4.98 Å². The Balaban J connectivity index is 1.53. The molecule has 2 aliphatic rings. The van der Waals surface area contributed by atoms with Gasteiger partial charge in [-0.2, -0.15) is 4.39 Å². The summed E-state index contributed by atoms with van der Waals surface area (Å²) in [5, 5.41) is 16.3. The molecule has 0 spiro atoms. The number of halogens is 1. The van der Waals surface area contributed by atoms with E-state index in [1.807, 2.05) is 18.2 Å². The van der Waals surface area contributed by atoms with Crippen molar-refractivity contribution in [3.63, 3.8) is 0 Å². The van der Waals surface area contributed by atoms with Crippen LogP contribution in [0.3, 0.4) is 0 Å². The molecule has 0 bridgehead atoms. The number of guanidine groups is 1. The van der Waals surface area contributed by atoms with Gasteiger partial charge < -0.3 is 26.6 Å². The molecule has 1 amide bonds. The lowest BCUT2D eigenvalue weighted by molar-refractivity contribution is 0.0948. The van der Waals surface area contributed by atoms with E-state index in [9.17, 15) is 9.18 Å². The minimum atomic E-state index is -0.518. The molecule has 2 unspecified atom stereocenters. The van der Waals surface area contributed by atoms with Crippen molar-refractivity contribution in [3.8, 4) is 11.1 Å². The van der Waals surface area contributed by atoms with Crippen LogP contribution in [-0.2, 0) is 6.54 Å². The van der Waals surface area contributed by atoms with Gasteiger partial charge in [0.05, 0.1) is 6.54 Å². The third-order valence-electron chi connectivity index (χ3n) is 5.69. The van der Waals surface area contributed by atoms with Crippen molar-refractivity contribution in [3.05, 3.63) is 53.1 Å². The van der Waals surface area contributed by atoms with E-state index in [0.717, 1.165) is 48.8 Å². The maximum absolute atomic E-state index is 13.5. The first-order valence-electron chi connectivity index (χ1n) is 11.0. The van der Waals surface area contributed by atoms with E-state index in [0.29, 0.717) is 30.4 Å². The van der Waals surface area contributed by atoms with Crippen molar-refractivity contribution in [1.29, 1.82) is 0 Å². The van der Waals surface area contributed by atoms with Crippen molar-refractivity contribution in [2.45, 2.75) is 32.5 Å². The molecule has 8 nitrogen and oxygen atoms in total. The number of aromatic nitrogens is 1. The van der Waals surface area contributed by atoms with E-state index in [2.05, 4.69) is 43.5 Å². The van der Waals surface area contributed by atoms with E-state index in [-0.39, 0.29) is 11.9 Å². The van der Waals surface area contributed by atoms with Gasteiger partial charge in [-0.05, 0) is 55.3 Å². The highest BCUT2D eigenvalue weighted by atomic mass is 19.1. The average molecular weight is 440 g/mol. The number of carbonyl (C=O) groups is 1. The molecule has 3 heterocycles. The van der Waals surface area contributed by atoms with Gasteiger partial charge >= 0.3 is 0 Å². The number of piperazine rings is 1. The van der Waals surface area contributed by atoms with Gasteiger partial charge in [0.1, 0.15) is 0 Å². The van der Waals surface area contributed by atoms with Crippen LogP contribution in [0.2, 0.25) is 0 Å². The highest BCUT2D eigenvalue weighted by molar-refractivity contribution is 5.96. The molecule has 1 aromatic carbocycles. The Hall–Kier alpha value is -3.04. The Kier molecular flexibility index (Phi) is 6.96. The van der Waals surface area contributed by atoms with Crippen LogP contribution in [0.5, 0.6) is 0 Å². The minimum absolute atomic E-state index is 0.141. The summed E-state index contributed by atoms with van der Waals surface area (Å²) in [6, 6.07) is 9.37. The second-order valence-electron chi connectivity index (χ2n) is 8.32. The number of benzene rings is 1. The Morgan fingerprint density at radius 1 is 1.22 bits per heavy atom. The fraction of sp³-hybridized carbons (Fsp3) is 0.435. The van der Waals surface area contributed by atoms with Crippen molar-refractivity contribution in [2.75, 3.05) is 32.7 Å². The van der Waals surface area contributed by atoms with Crippen molar-refractivity contribution < 1.29 is 9.18 Å². The van der Waals surface area contributed by atoms with Gasteiger partial charge in [-0.3, -0.25) is 9.79 Å². The second kappa shape index (κ2) is 10.1. The van der Waals surface area contributed by atoms with Crippen LogP contribution in [0.4, 0.5) is 4.39 Å². The Bertz CT molecular complexity index is 1000. The normalized spacial score (nSPS) is 20.4. The van der Waals surface area contributed by atoms with E-state index in [4.69, 9.17) is 0 Å². The number of nitrogens with one attached hydrogen (secondary N) is 5. The summed E-state index contributed by atoms with van der Waals surface area (Å²) in [5.74, 6) is 0.0963. The smallest absolute Gasteiger partial charge is 0.251 e. The Labute approximate surface area is 187 Å². The molecule has 0 radical (unpaired) electrons. The zero-order valence-electron chi connectivity index (χ0n) is 18.5. The van der Waals surface area contributed by atoms with Gasteiger partial charge in [-0.15, -0.1) is 0 Å². The number of aryl methyl sites for hydroxylation is 1. The summed E-state index contributed by atoms with van der Waals surface area (Å²) in [6.07, 6.45) is 0. The number of pyridine rings is 1. The number of rotatable bonds is 6. The van der Waals surface area contributed by atoms with Crippen LogP contribution in [0.1, 0.15) is 28.5 Å². The molecule has 1 aromatic heterocycles. The van der Waals surface area contributed by atoms with Crippen LogP contribution >= 0.6 is 0 Å². The predicted octanol–water partition coefficient (Wildman–Crippen LogP) is 0.925. The first-order valence-corrected chi connectivity index (χ1v) is 11.0. The molecule has 170 valence electrons. The summed E-state index contributed by atoms with van der Waals surface area (Å²) >= 11 is 0. The van der Waals surface area contributed by atoms with Crippen LogP contribution in [0, 0.1) is 12.9 Å². The Morgan fingerprint density at radius 2 is 2.09 bits per heavy atom. The van der Waals surface area contributed by atoms with Crippen LogP contribution in [0.25, 0.3) is 11.1 Å². The van der Waals surface area contributed by atoms with E-state index >= 15 is 0 Å². The summed E-state index contributed by atoms with van der Waals surface area (Å²) in [7, 11) is 0. The van der Waals surface area contributed by atoms with Gasteiger partial charge in [-0.1, -0.05) is 0 Å². The third kappa shape index (κ3) is 5.60. The van der Waals surface area contributed by atoms with Crippen molar-refractivity contribution >= 4 is 11.9 Å². The van der Waals surface area contributed by atoms with Gasteiger partial charge in [0, 0.05) is 61.6 Å². The summed E-state index contributed by atoms with van der Waals surface area (Å²) < 4.78 is 13.5. The number of aliphatic imine (C=N–C) groups is 1. The average Bonchev–Trinajstić information content (AvgIpc) is 3.30. The second-order valence-corrected chi connectivity index (χ2v) is 8.32. The van der Waals surface area contributed by atoms with Crippen molar-refractivity contribution in [1.82, 2.24) is 31.6 Å². The molecule has 2 aliphatic heterocycles. The van der Waals surface area contributed by atoms with Crippen LogP contribution in [0.15, 0.2) is 35.3 Å². The van der Waals surface area contributed by atoms with Crippen molar-refractivity contribution in [2.24, 2.45) is 4.99 Å². The van der Waals surface area contributed by atoms with Gasteiger partial charge in [0.2, 0.25) is 5.95 Å². The van der Waals surface area contributed by atoms with Gasteiger partial charge in [0.15, 0.2) is 5.96 Å². The highest BCUT2D eigenvalue weighted by Crippen LogP contribution is 2.25. The molecule has 1 saturated heterocycles. The van der Waals surface area contributed by atoms with Crippen LogP contribution in [-0.4, -0.2) is 61.7 Å². The fourth-order valence-electron chi connectivity index (χ4n) is 3.91.